The third-order valence-electron chi connectivity index (χ3n) is 3.51. The van der Waals surface area contributed by atoms with Crippen molar-refractivity contribution in [2.24, 2.45) is 5.10 Å². The Morgan fingerprint density at radius 3 is 2.73 bits per heavy atom. The summed E-state index contributed by atoms with van der Waals surface area (Å²) in [5, 5.41) is 5.26. The van der Waals surface area contributed by atoms with Gasteiger partial charge in [0.25, 0.3) is 0 Å². The average Bonchev–Trinajstić information content (AvgIpc) is 2.81. The first-order valence-electron chi connectivity index (χ1n) is 6.33. The summed E-state index contributed by atoms with van der Waals surface area (Å²) in [6.07, 6.45) is -1.70. The van der Waals surface area contributed by atoms with Crippen LogP contribution >= 0.6 is 15.9 Å². The van der Waals surface area contributed by atoms with Crippen molar-refractivity contribution in [3.05, 3.63) is 45.7 Å². The van der Waals surface area contributed by atoms with Crippen LogP contribution < -0.4 is 10.7 Å². The molecule has 0 aromatic heterocycles. The van der Waals surface area contributed by atoms with Gasteiger partial charge in [-0.25, -0.2) is 4.39 Å². The number of halogens is 5. The molecule has 0 saturated carbocycles. The van der Waals surface area contributed by atoms with Gasteiger partial charge in [-0.15, -0.1) is 0 Å². The fourth-order valence-corrected chi connectivity index (χ4v) is 2.90. The third kappa shape index (κ3) is 2.51. The van der Waals surface area contributed by atoms with E-state index in [0.29, 0.717) is 10.1 Å². The monoisotopic (exact) mass is 375 g/mol. The minimum Gasteiger partial charge on any atom is -0.399 e. The van der Waals surface area contributed by atoms with E-state index in [4.69, 9.17) is 5.73 Å². The average molecular weight is 376 g/mol. The number of fused-ring (bicyclic) bond motifs is 1. The Balaban J connectivity index is 2.04. The summed E-state index contributed by atoms with van der Waals surface area (Å²) in [7, 11) is 0. The molecule has 1 unspecified atom stereocenters. The fourth-order valence-electron chi connectivity index (χ4n) is 2.48. The van der Waals surface area contributed by atoms with Gasteiger partial charge in [-0.2, -0.15) is 18.3 Å². The number of rotatable bonds is 1. The maximum Gasteiger partial charge on any atom is 0.418 e. The Morgan fingerprint density at radius 2 is 2.05 bits per heavy atom. The molecule has 22 heavy (non-hydrogen) atoms. The zero-order valence-corrected chi connectivity index (χ0v) is 12.6. The second-order valence-electron chi connectivity index (χ2n) is 4.98. The van der Waals surface area contributed by atoms with E-state index in [1.165, 1.54) is 29.4 Å². The molecule has 3 nitrogen and oxygen atoms in total. The van der Waals surface area contributed by atoms with Crippen LogP contribution in [0, 0.1) is 0 Å². The van der Waals surface area contributed by atoms with Gasteiger partial charge in [-0.3, -0.25) is 5.01 Å². The van der Waals surface area contributed by atoms with E-state index < -0.39 is 23.6 Å². The van der Waals surface area contributed by atoms with Gasteiger partial charge in [0.2, 0.25) is 0 Å². The van der Waals surface area contributed by atoms with Gasteiger partial charge in [-0.1, -0.05) is 15.9 Å². The Morgan fingerprint density at radius 1 is 1.32 bits per heavy atom. The van der Waals surface area contributed by atoms with Crippen LogP contribution in [0.25, 0.3) is 0 Å². The van der Waals surface area contributed by atoms with Crippen LogP contribution in [-0.4, -0.2) is 12.3 Å². The molecule has 116 valence electrons. The van der Waals surface area contributed by atoms with Crippen LogP contribution in [0.2, 0.25) is 0 Å². The Kier molecular flexibility index (Phi) is 3.51. The van der Waals surface area contributed by atoms with E-state index in [2.05, 4.69) is 21.0 Å². The summed E-state index contributed by atoms with van der Waals surface area (Å²) < 4.78 is 53.5. The number of hydrazone groups is 1. The number of nitrogens with zero attached hydrogens (tertiary/aromatic N) is 2. The van der Waals surface area contributed by atoms with Crippen molar-refractivity contribution >= 4 is 33.5 Å². The fraction of sp³-hybridized carbons (Fsp3) is 0.214. The smallest absolute Gasteiger partial charge is 0.399 e. The van der Waals surface area contributed by atoms with Crippen LogP contribution in [0.3, 0.4) is 0 Å². The number of alkyl halides is 3. The van der Waals surface area contributed by atoms with Crippen LogP contribution in [-0.2, 0) is 6.18 Å². The van der Waals surface area contributed by atoms with Gasteiger partial charge in [0.1, 0.15) is 5.83 Å². The van der Waals surface area contributed by atoms with Gasteiger partial charge in [-0.05, 0) is 29.8 Å². The van der Waals surface area contributed by atoms with E-state index in [9.17, 15) is 17.6 Å². The first-order valence-corrected chi connectivity index (χ1v) is 7.12. The molecule has 3 rings (SSSR count). The highest BCUT2D eigenvalue weighted by Crippen LogP contribution is 2.42. The van der Waals surface area contributed by atoms with Crippen molar-refractivity contribution in [3.63, 3.8) is 0 Å². The van der Waals surface area contributed by atoms with Crippen molar-refractivity contribution in [1.29, 1.82) is 0 Å². The first kappa shape index (κ1) is 15.1. The van der Waals surface area contributed by atoms with E-state index in [-0.39, 0.29) is 17.8 Å². The molecular formula is C14H10BrF4N3. The van der Waals surface area contributed by atoms with Gasteiger partial charge < -0.3 is 5.73 Å². The molecule has 0 spiro atoms. The van der Waals surface area contributed by atoms with Crippen LogP contribution in [0.1, 0.15) is 12.0 Å². The number of hydrogen-bond acceptors (Lipinski definition) is 3. The standard InChI is InChI=1S/C14H10BrF4N3/c15-10-5-13-7(3-11(10)16)6-21-22(13)12-2-1-8(20)4-9(12)14(17,18)19/h1-4,6,13H,5,20H2. The molecule has 1 heterocycles. The topological polar surface area (TPSA) is 41.6 Å². The van der Waals surface area contributed by atoms with E-state index in [0.717, 1.165) is 6.07 Å². The summed E-state index contributed by atoms with van der Waals surface area (Å²) in [6.45, 7) is 0. The van der Waals surface area contributed by atoms with Gasteiger partial charge in [0, 0.05) is 16.6 Å². The predicted molar refractivity (Wildman–Crippen MR) is 80.4 cm³/mol. The SMILES string of the molecule is Nc1ccc(N2N=CC3=CC(F)=C(Br)CC32)c(C(F)(F)F)c1. The number of hydrogen-bond donors (Lipinski definition) is 1. The molecule has 0 amide bonds. The first-order chi connectivity index (χ1) is 10.3. The zero-order valence-electron chi connectivity index (χ0n) is 11.0. The molecule has 0 saturated heterocycles. The van der Waals surface area contributed by atoms with Crippen molar-refractivity contribution in [3.8, 4) is 0 Å². The zero-order chi connectivity index (χ0) is 16.1. The maximum atomic E-state index is 13.5. The van der Waals surface area contributed by atoms with Gasteiger partial charge in [0.05, 0.1) is 23.5 Å². The number of benzene rings is 1. The van der Waals surface area contributed by atoms with Crippen LogP contribution in [0.15, 0.2) is 45.3 Å². The highest BCUT2D eigenvalue weighted by atomic mass is 79.9. The molecular weight excluding hydrogens is 366 g/mol. The Labute approximate surface area is 131 Å². The van der Waals surface area contributed by atoms with E-state index in [1.54, 1.807) is 0 Å². The molecule has 8 heteroatoms. The summed E-state index contributed by atoms with van der Waals surface area (Å²) >= 11 is 3.10. The largest absolute Gasteiger partial charge is 0.418 e. The minimum atomic E-state index is -4.56. The maximum absolute atomic E-state index is 13.5. The highest BCUT2D eigenvalue weighted by Gasteiger charge is 2.39. The van der Waals surface area contributed by atoms with Crippen LogP contribution in [0.5, 0.6) is 0 Å². The third-order valence-corrected chi connectivity index (χ3v) is 4.21. The molecule has 1 aromatic carbocycles. The summed E-state index contributed by atoms with van der Waals surface area (Å²) in [4.78, 5) is 0. The molecule has 0 radical (unpaired) electrons. The predicted octanol–water partition coefficient (Wildman–Crippen LogP) is 4.37. The number of nitrogen functional groups attached to an aromatic ring is 1. The molecule has 2 aliphatic rings. The highest BCUT2D eigenvalue weighted by molar-refractivity contribution is 9.11. The van der Waals surface area contributed by atoms with E-state index >= 15 is 0 Å². The molecule has 1 aromatic rings. The lowest BCUT2D eigenvalue weighted by atomic mass is 9.98. The summed E-state index contributed by atoms with van der Waals surface area (Å²) in [5.74, 6) is -0.437. The molecule has 0 bridgehead atoms. The van der Waals surface area contributed by atoms with Crippen molar-refractivity contribution in [2.45, 2.75) is 18.6 Å². The lowest BCUT2D eigenvalue weighted by Crippen LogP contribution is -2.31. The lowest BCUT2D eigenvalue weighted by Gasteiger charge is -2.28. The number of allylic oxidation sites excluding steroid dienone is 2. The van der Waals surface area contributed by atoms with Crippen molar-refractivity contribution in [2.75, 3.05) is 10.7 Å². The molecule has 1 atom stereocenters. The second kappa shape index (κ2) is 5.12. The van der Waals surface area contributed by atoms with Gasteiger partial charge >= 0.3 is 6.18 Å². The molecule has 1 aliphatic heterocycles. The minimum absolute atomic E-state index is 0.0192. The Hall–Kier alpha value is -1.83. The Bertz CT molecular complexity index is 721. The van der Waals surface area contributed by atoms with E-state index in [1.807, 2.05) is 0 Å². The number of anilines is 2. The normalized spacial score (nSPS) is 21.2. The summed E-state index contributed by atoms with van der Waals surface area (Å²) in [5.41, 5.74) is 5.05. The second-order valence-corrected chi connectivity index (χ2v) is 5.94. The summed E-state index contributed by atoms with van der Waals surface area (Å²) in [6, 6.07) is 3.07. The van der Waals surface area contributed by atoms with Gasteiger partial charge in [0.15, 0.2) is 0 Å². The van der Waals surface area contributed by atoms with Crippen molar-refractivity contribution in [1.82, 2.24) is 0 Å². The number of nitrogens with two attached hydrogens (primary N) is 1. The van der Waals surface area contributed by atoms with Crippen molar-refractivity contribution < 1.29 is 17.6 Å². The quantitative estimate of drug-likeness (QED) is 0.584. The molecule has 0 fully saturated rings. The molecule has 2 N–H and O–H groups in total. The van der Waals surface area contributed by atoms with Crippen LogP contribution in [0.4, 0.5) is 28.9 Å². The lowest BCUT2D eigenvalue weighted by molar-refractivity contribution is -0.137. The molecule has 1 aliphatic carbocycles.